The van der Waals surface area contributed by atoms with E-state index < -0.39 is 0 Å². The average Bonchev–Trinajstić information content (AvgIpc) is 2.48. The number of hydrogen-bond donors (Lipinski definition) is 1. The Morgan fingerprint density at radius 2 is 1.52 bits per heavy atom. The Balaban J connectivity index is 2.11. The molecule has 112 valence electrons. The van der Waals surface area contributed by atoms with Crippen LogP contribution in [0.1, 0.15) is 16.7 Å². The van der Waals surface area contributed by atoms with Gasteiger partial charge in [0.2, 0.25) is 0 Å². The number of benzene rings is 2. The van der Waals surface area contributed by atoms with Gasteiger partial charge in [0, 0.05) is 6.04 Å². The van der Waals surface area contributed by atoms with Crippen LogP contribution in [-0.2, 0) is 12.8 Å². The van der Waals surface area contributed by atoms with Crippen LogP contribution in [0, 0.1) is 6.92 Å². The molecule has 0 aliphatic carbocycles. The van der Waals surface area contributed by atoms with Gasteiger partial charge in [0.05, 0.1) is 14.2 Å². The highest BCUT2D eigenvalue weighted by molar-refractivity contribution is 5.38. The largest absolute Gasteiger partial charge is 0.496 e. The Labute approximate surface area is 126 Å². The highest BCUT2D eigenvalue weighted by atomic mass is 16.5. The number of aryl methyl sites for hydroxylation is 1. The molecule has 0 saturated carbocycles. The van der Waals surface area contributed by atoms with E-state index in [4.69, 9.17) is 15.2 Å². The van der Waals surface area contributed by atoms with Gasteiger partial charge in [-0.25, -0.2) is 0 Å². The molecule has 1 unspecified atom stereocenters. The molecule has 0 aliphatic rings. The number of ether oxygens (including phenoxy) is 2. The third-order valence-corrected chi connectivity index (χ3v) is 3.59. The standard InChI is InChI=1S/C18H23NO2/c1-13-8-9-18(21-3)15(10-13)12-16(19)11-14-6-4-5-7-17(14)20-2/h4-10,16H,11-12,19H2,1-3H3. The van der Waals surface area contributed by atoms with E-state index in [1.165, 1.54) is 5.56 Å². The van der Waals surface area contributed by atoms with Crippen molar-refractivity contribution in [3.05, 3.63) is 59.2 Å². The zero-order valence-corrected chi connectivity index (χ0v) is 12.9. The second-order valence-corrected chi connectivity index (χ2v) is 5.30. The fraction of sp³-hybridized carbons (Fsp3) is 0.333. The first-order valence-corrected chi connectivity index (χ1v) is 7.15. The first-order valence-electron chi connectivity index (χ1n) is 7.15. The van der Waals surface area contributed by atoms with E-state index in [0.717, 1.165) is 35.5 Å². The summed E-state index contributed by atoms with van der Waals surface area (Å²) in [4.78, 5) is 0. The SMILES string of the molecule is COc1ccccc1CC(N)Cc1cc(C)ccc1OC. The molecule has 21 heavy (non-hydrogen) atoms. The second kappa shape index (κ2) is 7.14. The Bertz CT molecular complexity index is 596. The highest BCUT2D eigenvalue weighted by Gasteiger charge is 2.12. The van der Waals surface area contributed by atoms with E-state index >= 15 is 0 Å². The van der Waals surface area contributed by atoms with Crippen molar-refractivity contribution >= 4 is 0 Å². The van der Waals surface area contributed by atoms with Crippen LogP contribution in [0.2, 0.25) is 0 Å². The number of para-hydroxylation sites is 1. The van der Waals surface area contributed by atoms with Gasteiger partial charge in [0.15, 0.2) is 0 Å². The molecule has 0 radical (unpaired) electrons. The average molecular weight is 285 g/mol. The molecule has 0 fully saturated rings. The predicted octanol–water partition coefficient (Wildman–Crippen LogP) is 3.12. The van der Waals surface area contributed by atoms with Gasteiger partial charge in [-0.2, -0.15) is 0 Å². The van der Waals surface area contributed by atoms with Gasteiger partial charge in [-0.05, 0) is 43.0 Å². The van der Waals surface area contributed by atoms with Crippen molar-refractivity contribution in [3.63, 3.8) is 0 Å². The molecule has 2 N–H and O–H groups in total. The number of nitrogens with two attached hydrogens (primary N) is 1. The quantitative estimate of drug-likeness (QED) is 0.887. The maximum Gasteiger partial charge on any atom is 0.122 e. The molecule has 2 aromatic carbocycles. The predicted molar refractivity (Wildman–Crippen MR) is 86.1 cm³/mol. The zero-order valence-electron chi connectivity index (χ0n) is 12.9. The van der Waals surface area contributed by atoms with Crippen molar-refractivity contribution in [2.45, 2.75) is 25.8 Å². The van der Waals surface area contributed by atoms with E-state index in [9.17, 15) is 0 Å². The molecular weight excluding hydrogens is 262 g/mol. The van der Waals surface area contributed by atoms with Crippen LogP contribution in [0.5, 0.6) is 11.5 Å². The molecule has 3 nitrogen and oxygen atoms in total. The van der Waals surface area contributed by atoms with Gasteiger partial charge in [-0.15, -0.1) is 0 Å². The molecule has 0 amide bonds. The van der Waals surface area contributed by atoms with E-state index in [1.54, 1.807) is 14.2 Å². The van der Waals surface area contributed by atoms with Crippen molar-refractivity contribution in [1.82, 2.24) is 0 Å². The van der Waals surface area contributed by atoms with E-state index in [1.807, 2.05) is 30.3 Å². The van der Waals surface area contributed by atoms with Crippen molar-refractivity contribution < 1.29 is 9.47 Å². The summed E-state index contributed by atoms with van der Waals surface area (Å²) in [6.45, 7) is 2.08. The minimum atomic E-state index is 0.0250. The highest BCUT2D eigenvalue weighted by Crippen LogP contribution is 2.23. The van der Waals surface area contributed by atoms with Crippen LogP contribution >= 0.6 is 0 Å². The molecule has 0 saturated heterocycles. The van der Waals surface area contributed by atoms with E-state index in [2.05, 4.69) is 19.1 Å². The van der Waals surface area contributed by atoms with Crippen molar-refractivity contribution in [3.8, 4) is 11.5 Å². The minimum Gasteiger partial charge on any atom is -0.496 e. The first kappa shape index (κ1) is 15.4. The summed E-state index contributed by atoms with van der Waals surface area (Å²) in [5.74, 6) is 1.79. The maximum absolute atomic E-state index is 6.32. The summed E-state index contributed by atoms with van der Waals surface area (Å²) in [7, 11) is 3.38. The van der Waals surface area contributed by atoms with Gasteiger partial charge in [-0.3, -0.25) is 0 Å². The van der Waals surface area contributed by atoms with Gasteiger partial charge < -0.3 is 15.2 Å². The molecule has 0 aromatic heterocycles. The normalized spacial score (nSPS) is 12.0. The first-order chi connectivity index (χ1) is 10.1. The number of rotatable bonds is 6. The summed E-state index contributed by atoms with van der Waals surface area (Å²) in [6.07, 6.45) is 1.56. The van der Waals surface area contributed by atoms with Gasteiger partial charge in [0.1, 0.15) is 11.5 Å². The third kappa shape index (κ3) is 3.99. The molecule has 1 atom stereocenters. The lowest BCUT2D eigenvalue weighted by Crippen LogP contribution is -2.26. The molecule has 2 aromatic rings. The maximum atomic E-state index is 6.32. The molecule has 3 heteroatoms. The van der Waals surface area contributed by atoms with Gasteiger partial charge >= 0.3 is 0 Å². The molecule has 0 aliphatic heterocycles. The van der Waals surface area contributed by atoms with Crippen LogP contribution in [-0.4, -0.2) is 20.3 Å². The molecule has 0 heterocycles. The fourth-order valence-corrected chi connectivity index (χ4v) is 2.58. The molecule has 0 bridgehead atoms. The fourth-order valence-electron chi connectivity index (χ4n) is 2.58. The lowest BCUT2D eigenvalue weighted by atomic mass is 9.97. The van der Waals surface area contributed by atoms with Crippen molar-refractivity contribution in [1.29, 1.82) is 0 Å². The van der Waals surface area contributed by atoms with Crippen molar-refractivity contribution in [2.75, 3.05) is 14.2 Å². The lowest BCUT2D eigenvalue weighted by molar-refractivity contribution is 0.404. The van der Waals surface area contributed by atoms with Crippen LogP contribution in [0.25, 0.3) is 0 Å². The van der Waals surface area contributed by atoms with Crippen LogP contribution in [0.4, 0.5) is 0 Å². The smallest absolute Gasteiger partial charge is 0.122 e. The van der Waals surface area contributed by atoms with Gasteiger partial charge in [0.25, 0.3) is 0 Å². The Morgan fingerprint density at radius 3 is 2.24 bits per heavy atom. The van der Waals surface area contributed by atoms with E-state index in [0.29, 0.717) is 0 Å². The molecule has 2 rings (SSSR count). The Hall–Kier alpha value is -2.00. The third-order valence-electron chi connectivity index (χ3n) is 3.59. The van der Waals surface area contributed by atoms with Gasteiger partial charge in [-0.1, -0.05) is 35.9 Å². The minimum absolute atomic E-state index is 0.0250. The Kier molecular flexibility index (Phi) is 5.23. The number of methoxy groups -OCH3 is 2. The monoisotopic (exact) mass is 285 g/mol. The van der Waals surface area contributed by atoms with E-state index in [-0.39, 0.29) is 6.04 Å². The molecule has 0 spiro atoms. The zero-order chi connectivity index (χ0) is 15.2. The summed E-state index contributed by atoms with van der Waals surface area (Å²) in [5, 5.41) is 0. The topological polar surface area (TPSA) is 44.5 Å². The molecular formula is C18H23NO2. The second-order valence-electron chi connectivity index (χ2n) is 5.30. The summed E-state index contributed by atoms with van der Waals surface area (Å²) in [6, 6.07) is 14.2. The van der Waals surface area contributed by atoms with Crippen LogP contribution in [0.15, 0.2) is 42.5 Å². The number of hydrogen-bond acceptors (Lipinski definition) is 3. The van der Waals surface area contributed by atoms with Crippen LogP contribution in [0.3, 0.4) is 0 Å². The summed E-state index contributed by atoms with van der Waals surface area (Å²) in [5.41, 5.74) is 9.83. The van der Waals surface area contributed by atoms with Crippen molar-refractivity contribution in [2.24, 2.45) is 5.73 Å². The summed E-state index contributed by atoms with van der Waals surface area (Å²) >= 11 is 0. The lowest BCUT2D eigenvalue weighted by Gasteiger charge is -2.16. The Morgan fingerprint density at radius 1 is 0.905 bits per heavy atom. The van der Waals surface area contributed by atoms with Crippen LogP contribution < -0.4 is 15.2 Å². The summed E-state index contributed by atoms with van der Waals surface area (Å²) < 4.78 is 10.8.